The van der Waals surface area contributed by atoms with Crippen LogP contribution >= 0.6 is 15.9 Å². The Bertz CT molecular complexity index is 863. The van der Waals surface area contributed by atoms with Crippen molar-refractivity contribution in [1.82, 2.24) is 16.2 Å². The standard InChI is InChI=1S/C23H38BrN3O5Si/c1-11-12-30-19-16(24)13-15(14-17(19)32-33(9,10)23(5,6)7)18(20(28)25-8)26-27-21(29)31-22(2,3)4/h11,13-14,18,26H,1,12H2,2-10H3,(H,25,28)(H,27,29)/t18-/m1/s1. The van der Waals surface area contributed by atoms with Crippen molar-refractivity contribution in [2.45, 2.75) is 71.3 Å². The Morgan fingerprint density at radius 2 is 1.79 bits per heavy atom. The summed E-state index contributed by atoms with van der Waals surface area (Å²) in [6.45, 7) is 20.0. The monoisotopic (exact) mass is 543 g/mol. The van der Waals surface area contributed by atoms with Gasteiger partial charge in [0.05, 0.1) is 4.47 Å². The van der Waals surface area contributed by atoms with Crippen LogP contribution in [0.15, 0.2) is 29.3 Å². The number of hydrogen-bond acceptors (Lipinski definition) is 6. The molecular weight excluding hydrogens is 506 g/mol. The second-order valence-corrected chi connectivity index (χ2v) is 15.7. The molecule has 10 heteroatoms. The summed E-state index contributed by atoms with van der Waals surface area (Å²) in [5.41, 5.74) is 5.10. The van der Waals surface area contributed by atoms with Crippen LogP contribution in [0.2, 0.25) is 18.1 Å². The van der Waals surface area contributed by atoms with Crippen LogP contribution in [-0.2, 0) is 9.53 Å². The molecule has 2 amide bonds. The summed E-state index contributed by atoms with van der Waals surface area (Å²) >= 11 is 3.55. The predicted octanol–water partition coefficient (Wildman–Crippen LogP) is 5.21. The van der Waals surface area contributed by atoms with Gasteiger partial charge < -0.3 is 19.2 Å². The molecule has 1 aromatic rings. The molecule has 0 heterocycles. The largest absolute Gasteiger partial charge is 0.541 e. The molecule has 1 aromatic carbocycles. The lowest BCUT2D eigenvalue weighted by Gasteiger charge is -2.37. The zero-order chi connectivity index (χ0) is 25.6. The average Bonchev–Trinajstić information content (AvgIpc) is 2.64. The molecule has 0 unspecified atom stereocenters. The maximum absolute atomic E-state index is 12.7. The lowest BCUT2D eigenvalue weighted by molar-refractivity contribution is -0.123. The van der Waals surface area contributed by atoms with Crippen molar-refractivity contribution in [3.05, 3.63) is 34.8 Å². The van der Waals surface area contributed by atoms with Gasteiger partial charge in [-0.05, 0) is 72.5 Å². The summed E-state index contributed by atoms with van der Waals surface area (Å²) in [6.07, 6.45) is 0.954. The third kappa shape index (κ3) is 8.67. The maximum atomic E-state index is 12.7. The first kappa shape index (κ1) is 29.0. The summed E-state index contributed by atoms with van der Waals surface area (Å²) in [7, 11) is -0.711. The highest BCUT2D eigenvalue weighted by Crippen LogP contribution is 2.44. The fourth-order valence-electron chi connectivity index (χ4n) is 2.42. The van der Waals surface area contributed by atoms with Gasteiger partial charge in [-0.1, -0.05) is 33.4 Å². The van der Waals surface area contributed by atoms with Crippen LogP contribution in [0.25, 0.3) is 0 Å². The average molecular weight is 545 g/mol. The molecule has 8 nitrogen and oxygen atoms in total. The first-order valence-corrected chi connectivity index (χ1v) is 14.4. The van der Waals surface area contributed by atoms with Crippen LogP contribution < -0.4 is 25.3 Å². The Morgan fingerprint density at radius 1 is 1.18 bits per heavy atom. The highest BCUT2D eigenvalue weighted by atomic mass is 79.9. The summed E-state index contributed by atoms with van der Waals surface area (Å²) in [6, 6.07) is 2.60. The minimum absolute atomic E-state index is 0.0537. The molecule has 0 aliphatic carbocycles. The van der Waals surface area contributed by atoms with Crippen molar-refractivity contribution < 1.29 is 23.5 Å². The number of ether oxygens (including phenoxy) is 2. The number of carbonyl (C=O) groups is 2. The van der Waals surface area contributed by atoms with Gasteiger partial charge in [0.2, 0.25) is 5.91 Å². The van der Waals surface area contributed by atoms with Gasteiger partial charge in [-0.2, -0.15) is 0 Å². The molecule has 186 valence electrons. The molecule has 0 radical (unpaired) electrons. The minimum Gasteiger partial charge on any atom is -0.541 e. The topological polar surface area (TPSA) is 97.9 Å². The molecule has 0 bridgehead atoms. The third-order valence-electron chi connectivity index (χ3n) is 5.11. The molecular formula is C23H38BrN3O5Si. The molecule has 0 spiro atoms. The quantitative estimate of drug-likeness (QED) is 0.224. The number of hydrogen-bond donors (Lipinski definition) is 3. The summed E-state index contributed by atoms with van der Waals surface area (Å²) < 4.78 is 18.3. The van der Waals surface area contributed by atoms with E-state index in [0.29, 0.717) is 28.1 Å². The van der Waals surface area contributed by atoms with Crippen LogP contribution in [0.5, 0.6) is 11.5 Å². The second-order valence-electron chi connectivity index (χ2n) is 10.1. The van der Waals surface area contributed by atoms with Crippen molar-refractivity contribution >= 4 is 36.2 Å². The summed E-state index contributed by atoms with van der Waals surface area (Å²) in [4.78, 5) is 24.8. The normalized spacial score (nSPS) is 13.0. The van der Waals surface area contributed by atoms with Crippen LogP contribution in [0, 0.1) is 0 Å². The fraction of sp³-hybridized carbons (Fsp3) is 0.565. The van der Waals surface area contributed by atoms with Gasteiger partial charge in [-0.25, -0.2) is 10.2 Å². The first-order chi connectivity index (χ1) is 15.0. The number of carbonyl (C=O) groups excluding carboxylic acids is 2. The minimum atomic E-state index is -2.23. The predicted molar refractivity (Wildman–Crippen MR) is 137 cm³/mol. The van der Waals surface area contributed by atoms with E-state index in [1.165, 1.54) is 7.05 Å². The molecule has 33 heavy (non-hydrogen) atoms. The molecule has 0 saturated heterocycles. The van der Waals surface area contributed by atoms with Crippen molar-refractivity contribution in [3.8, 4) is 11.5 Å². The Balaban J connectivity index is 3.41. The zero-order valence-corrected chi connectivity index (χ0v) is 23.7. The highest BCUT2D eigenvalue weighted by Gasteiger charge is 2.40. The van der Waals surface area contributed by atoms with Crippen molar-refractivity contribution in [1.29, 1.82) is 0 Å². The van der Waals surface area contributed by atoms with Crippen molar-refractivity contribution in [2.75, 3.05) is 13.7 Å². The molecule has 0 aliphatic heterocycles. The Hall–Kier alpha value is -2.04. The Kier molecular flexibility index (Phi) is 10.0. The van der Waals surface area contributed by atoms with E-state index in [2.05, 4.69) is 72.5 Å². The zero-order valence-electron chi connectivity index (χ0n) is 21.1. The summed E-state index contributed by atoms with van der Waals surface area (Å²) in [5, 5.41) is 2.56. The molecule has 1 rings (SSSR count). The molecule has 0 saturated carbocycles. The number of amides is 2. The van der Waals surface area contributed by atoms with E-state index in [0.717, 1.165) is 0 Å². The van der Waals surface area contributed by atoms with Crippen molar-refractivity contribution in [3.63, 3.8) is 0 Å². The number of halogens is 1. The van der Waals surface area contributed by atoms with Gasteiger partial charge >= 0.3 is 6.09 Å². The van der Waals surface area contributed by atoms with E-state index in [4.69, 9.17) is 13.9 Å². The highest BCUT2D eigenvalue weighted by molar-refractivity contribution is 9.10. The van der Waals surface area contributed by atoms with E-state index in [1.54, 1.807) is 39.0 Å². The molecule has 0 aromatic heterocycles. The third-order valence-corrected chi connectivity index (χ3v) is 10.0. The van der Waals surface area contributed by atoms with E-state index < -0.39 is 26.1 Å². The van der Waals surface area contributed by atoms with Gasteiger partial charge in [0.25, 0.3) is 8.32 Å². The van der Waals surface area contributed by atoms with Gasteiger partial charge in [-0.15, -0.1) is 0 Å². The van der Waals surface area contributed by atoms with Gasteiger partial charge in [0, 0.05) is 7.05 Å². The molecule has 1 atom stereocenters. The molecule has 0 fully saturated rings. The lowest BCUT2D eigenvalue weighted by Crippen LogP contribution is -2.47. The number of benzene rings is 1. The SMILES string of the molecule is C=CCOc1c(Br)cc([C@@H](NNC(=O)OC(C)(C)C)C(=O)NC)cc1O[Si](C)(C)C(C)(C)C. The molecule has 3 N–H and O–H groups in total. The van der Waals surface area contributed by atoms with E-state index in [-0.39, 0.29) is 10.9 Å². The van der Waals surface area contributed by atoms with E-state index in [9.17, 15) is 9.59 Å². The van der Waals surface area contributed by atoms with Crippen LogP contribution in [0.3, 0.4) is 0 Å². The number of nitrogens with one attached hydrogen (secondary N) is 3. The second kappa shape index (κ2) is 11.4. The van der Waals surface area contributed by atoms with Gasteiger partial charge in [-0.3, -0.25) is 10.2 Å². The maximum Gasteiger partial charge on any atom is 0.422 e. The summed E-state index contributed by atoms with van der Waals surface area (Å²) in [5.74, 6) is 0.691. The number of rotatable bonds is 9. The van der Waals surface area contributed by atoms with E-state index in [1.807, 2.05) is 0 Å². The van der Waals surface area contributed by atoms with Gasteiger partial charge in [0.1, 0.15) is 24.0 Å². The first-order valence-electron chi connectivity index (χ1n) is 10.7. The lowest BCUT2D eigenvalue weighted by atomic mass is 10.1. The fourth-order valence-corrected chi connectivity index (χ4v) is 4.00. The number of hydrazine groups is 1. The smallest absolute Gasteiger partial charge is 0.422 e. The Labute approximate surface area is 207 Å². The van der Waals surface area contributed by atoms with Gasteiger partial charge in [0.15, 0.2) is 5.75 Å². The Morgan fingerprint density at radius 3 is 2.27 bits per heavy atom. The molecule has 0 aliphatic rings. The van der Waals surface area contributed by atoms with E-state index >= 15 is 0 Å². The van der Waals surface area contributed by atoms with Crippen LogP contribution in [0.1, 0.15) is 53.1 Å². The van der Waals surface area contributed by atoms with Crippen LogP contribution in [0.4, 0.5) is 4.79 Å². The van der Waals surface area contributed by atoms with Crippen LogP contribution in [-0.4, -0.2) is 39.6 Å². The van der Waals surface area contributed by atoms with Crippen molar-refractivity contribution in [2.24, 2.45) is 0 Å². The number of likely N-dealkylation sites (N-methyl/N-ethyl adjacent to an activating group) is 1.